The monoisotopic (exact) mass is 1120 g/mol. The molecule has 2 aliphatic rings. The molecule has 0 aromatic heterocycles. The molecule has 434 valence electrons. The van der Waals surface area contributed by atoms with E-state index in [-0.39, 0.29) is 44.6 Å². The molecule has 0 N–H and O–H groups in total. The summed E-state index contributed by atoms with van der Waals surface area (Å²) in [5, 5.41) is 0. The predicted octanol–water partition coefficient (Wildman–Crippen LogP) is 21.5. The fourth-order valence-electron chi connectivity index (χ4n) is 13.0. The van der Waals surface area contributed by atoms with Crippen LogP contribution in [0, 0.1) is 0 Å². The molecule has 2 nitrogen and oxygen atoms in total. The molecule has 0 spiro atoms. The first kappa shape index (κ1) is 59.4. The lowest BCUT2D eigenvalue weighted by Gasteiger charge is -2.45. The minimum atomic E-state index is -0.117. The Hall–Kier alpha value is -7.36. The molecule has 0 aliphatic carbocycles. The van der Waals surface area contributed by atoms with Crippen LogP contribution in [-0.2, 0) is 37.9 Å². The summed E-state index contributed by atoms with van der Waals surface area (Å²) in [6.45, 7) is 49.1. The SMILES string of the molecule is CC(C)(C)c1ccc(-c2ccccc2N2c3ccc(-c4ccc(C(C)(C)C)cc4C(C)(C)C)cc3B3c4cc(C(C)(C)C)ccc4N(c4ccccc4-c4ccc(C(C)(C)C)cc4)c4cc(-c5cc(C(C)(C)C)cc(C(C)(C)C)c5)cc2c43)cc1. The molecule has 0 atom stereocenters. The van der Waals surface area contributed by atoms with Crippen molar-refractivity contribution in [3.8, 4) is 44.5 Å². The molecule has 0 amide bonds. The van der Waals surface area contributed by atoms with Gasteiger partial charge in [-0.3, -0.25) is 0 Å². The maximum Gasteiger partial charge on any atom is 0.252 e. The molecule has 0 fully saturated rings. The van der Waals surface area contributed by atoms with E-state index < -0.39 is 0 Å². The molecule has 11 rings (SSSR count). The number of nitrogens with zero attached hydrogens (tertiary/aromatic N) is 2. The molecule has 9 aromatic carbocycles. The van der Waals surface area contributed by atoms with Crippen LogP contribution >= 0.6 is 0 Å². The second-order valence-corrected chi connectivity index (χ2v) is 32.1. The van der Waals surface area contributed by atoms with Gasteiger partial charge in [-0.05, 0) is 163 Å². The van der Waals surface area contributed by atoms with E-state index in [2.05, 4.69) is 337 Å². The second kappa shape index (κ2) is 20.7. The lowest BCUT2D eigenvalue weighted by atomic mass is 9.33. The standard InChI is InChI=1S/C82H93BN2/c1-76(2,3)57-35-30-52(31-36-57)64-26-22-24-28-69(64)84-71-42-34-54(63-41-39-59(78(7,8)9)50-66(63)82(19,20)21)46-67(71)83-68-51-60(79(10,11)12)40-43-72(68)85(70-29-25-23-27-65(70)53-32-37-58(38-33-53)77(4,5)6)74-48-56(47-73(84)75(74)83)55-44-61(80(13,14)15)49-62(45-55)81(16,17)18/h22-51H,1-21H3. The maximum absolute atomic E-state index is 2.66. The van der Waals surface area contributed by atoms with Crippen LogP contribution in [0.3, 0.4) is 0 Å². The van der Waals surface area contributed by atoms with Gasteiger partial charge in [0.05, 0.1) is 11.4 Å². The van der Waals surface area contributed by atoms with Gasteiger partial charge < -0.3 is 9.80 Å². The van der Waals surface area contributed by atoms with Crippen LogP contribution in [0.2, 0.25) is 0 Å². The molecule has 0 bridgehead atoms. The number of anilines is 6. The average molecular weight is 1120 g/mol. The summed E-state index contributed by atoms with van der Waals surface area (Å²) in [5.41, 5.74) is 29.9. The minimum Gasteiger partial charge on any atom is -0.311 e. The molecule has 85 heavy (non-hydrogen) atoms. The third-order valence-corrected chi connectivity index (χ3v) is 18.3. The third-order valence-electron chi connectivity index (χ3n) is 18.3. The number of fused-ring (bicyclic) bond motifs is 4. The van der Waals surface area contributed by atoms with Gasteiger partial charge in [0.1, 0.15) is 0 Å². The first-order valence-electron chi connectivity index (χ1n) is 31.4. The van der Waals surface area contributed by atoms with Crippen molar-refractivity contribution in [2.75, 3.05) is 9.80 Å². The van der Waals surface area contributed by atoms with Crippen molar-refractivity contribution in [3.63, 3.8) is 0 Å². The Bertz CT molecular complexity index is 3980. The van der Waals surface area contributed by atoms with Gasteiger partial charge in [0, 0.05) is 33.9 Å². The van der Waals surface area contributed by atoms with E-state index in [9.17, 15) is 0 Å². The summed E-state index contributed by atoms with van der Waals surface area (Å²) in [7, 11) is 0. The lowest BCUT2D eigenvalue weighted by Crippen LogP contribution is -2.61. The highest BCUT2D eigenvalue weighted by Gasteiger charge is 2.45. The molecule has 0 saturated heterocycles. The van der Waals surface area contributed by atoms with Crippen LogP contribution in [0.25, 0.3) is 44.5 Å². The Morgan fingerprint density at radius 2 is 0.600 bits per heavy atom. The van der Waals surface area contributed by atoms with Gasteiger partial charge in [0.2, 0.25) is 0 Å². The van der Waals surface area contributed by atoms with Gasteiger partial charge in [-0.25, -0.2) is 0 Å². The summed E-state index contributed by atoms with van der Waals surface area (Å²) >= 11 is 0. The van der Waals surface area contributed by atoms with Gasteiger partial charge >= 0.3 is 0 Å². The molecule has 0 unspecified atom stereocenters. The first-order chi connectivity index (χ1) is 39.6. The zero-order chi connectivity index (χ0) is 61.3. The van der Waals surface area contributed by atoms with Crippen LogP contribution in [0.15, 0.2) is 182 Å². The molecule has 2 aliphatic heterocycles. The highest BCUT2D eigenvalue weighted by Crippen LogP contribution is 2.51. The molecule has 0 radical (unpaired) electrons. The predicted molar refractivity (Wildman–Crippen MR) is 373 cm³/mol. The Morgan fingerprint density at radius 1 is 0.235 bits per heavy atom. The largest absolute Gasteiger partial charge is 0.311 e. The molecule has 2 heterocycles. The Labute approximate surface area is 512 Å². The Balaban J connectivity index is 1.31. The van der Waals surface area contributed by atoms with E-state index in [1.165, 1.54) is 123 Å². The molecule has 3 heteroatoms. The van der Waals surface area contributed by atoms with Crippen LogP contribution in [-0.4, -0.2) is 6.71 Å². The highest BCUT2D eigenvalue weighted by atomic mass is 15.2. The normalized spacial score (nSPS) is 13.9. The van der Waals surface area contributed by atoms with Gasteiger partial charge in [-0.1, -0.05) is 291 Å². The first-order valence-corrected chi connectivity index (χ1v) is 31.4. The number of para-hydroxylation sites is 2. The van der Waals surface area contributed by atoms with E-state index in [4.69, 9.17) is 0 Å². The Kier molecular flexibility index (Phi) is 14.4. The smallest absolute Gasteiger partial charge is 0.252 e. The van der Waals surface area contributed by atoms with Gasteiger partial charge in [0.15, 0.2) is 0 Å². The third kappa shape index (κ3) is 11.2. The van der Waals surface area contributed by atoms with E-state index in [1.54, 1.807) is 0 Å². The lowest BCUT2D eigenvalue weighted by molar-refractivity contribution is 0.568. The van der Waals surface area contributed by atoms with Crippen LogP contribution in [0.1, 0.15) is 184 Å². The van der Waals surface area contributed by atoms with E-state index in [1.807, 2.05) is 0 Å². The number of benzene rings is 9. The van der Waals surface area contributed by atoms with Crippen LogP contribution < -0.4 is 26.2 Å². The van der Waals surface area contributed by atoms with E-state index in [0.717, 1.165) is 11.4 Å². The minimum absolute atomic E-state index is 0.00756. The molecular formula is C82H93BN2. The zero-order valence-electron chi connectivity index (χ0n) is 55.3. The Morgan fingerprint density at radius 3 is 1.04 bits per heavy atom. The van der Waals surface area contributed by atoms with Crippen molar-refractivity contribution in [2.45, 2.75) is 183 Å². The van der Waals surface area contributed by atoms with Crippen LogP contribution in [0.4, 0.5) is 34.1 Å². The van der Waals surface area contributed by atoms with E-state index in [0.29, 0.717) is 0 Å². The molecule has 9 aromatic rings. The summed E-state index contributed by atoms with van der Waals surface area (Å²) in [5.74, 6) is 0. The van der Waals surface area contributed by atoms with Gasteiger partial charge in [-0.2, -0.15) is 0 Å². The van der Waals surface area contributed by atoms with Gasteiger partial charge in [0.25, 0.3) is 6.71 Å². The topological polar surface area (TPSA) is 6.48 Å². The average Bonchev–Trinajstić information content (AvgIpc) is 0.713. The number of hydrogen-bond acceptors (Lipinski definition) is 2. The van der Waals surface area contributed by atoms with E-state index >= 15 is 0 Å². The van der Waals surface area contributed by atoms with Crippen molar-refractivity contribution >= 4 is 57.2 Å². The highest BCUT2D eigenvalue weighted by molar-refractivity contribution is 7.00. The second-order valence-electron chi connectivity index (χ2n) is 32.1. The van der Waals surface area contributed by atoms with Crippen molar-refractivity contribution in [1.29, 1.82) is 0 Å². The summed E-state index contributed by atoms with van der Waals surface area (Å²) in [4.78, 5) is 5.31. The van der Waals surface area contributed by atoms with Crippen molar-refractivity contribution < 1.29 is 0 Å². The maximum atomic E-state index is 2.66. The van der Waals surface area contributed by atoms with Crippen molar-refractivity contribution in [2.24, 2.45) is 0 Å². The quantitative estimate of drug-likeness (QED) is 0.153. The zero-order valence-corrected chi connectivity index (χ0v) is 55.3. The van der Waals surface area contributed by atoms with Crippen molar-refractivity contribution in [3.05, 3.63) is 221 Å². The number of hydrogen-bond donors (Lipinski definition) is 0. The van der Waals surface area contributed by atoms with Crippen molar-refractivity contribution in [1.82, 2.24) is 0 Å². The van der Waals surface area contributed by atoms with Gasteiger partial charge in [-0.15, -0.1) is 0 Å². The molecule has 0 saturated carbocycles. The summed E-state index contributed by atoms with van der Waals surface area (Å²) in [6.07, 6.45) is 0. The van der Waals surface area contributed by atoms with Crippen LogP contribution in [0.5, 0.6) is 0 Å². The molecular weight excluding hydrogens is 1020 g/mol. The summed E-state index contributed by atoms with van der Waals surface area (Å²) < 4.78 is 0. The summed E-state index contributed by atoms with van der Waals surface area (Å²) in [6, 6.07) is 71.8. The fourth-order valence-corrected chi connectivity index (χ4v) is 13.0. The fraction of sp³-hybridized carbons (Fsp3) is 0.341. The number of rotatable bonds is 6.